The minimum atomic E-state index is -0.887. The van der Waals surface area contributed by atoms with Crippen LogP contribution in [0.5, 0.6) is 0 Å². The van der Waals surface area contributed by atoms with Gasteiger partial charge in [-0.05, 0) is 36.6 Å². The number of amides is 2. The number of likely N-dealkylation sites (N-methyl/N-ethyl adjacent to an activating group) is 1. The Balaban J connectivity index is 1.92. The molecule has 118 valence electrons. The molecule has 0 fully saturated rings. The smallest absolute Gasteiger partial charge is 0.317 e. The van der Waals surface area contributed by atoms with E-state index in [0.717, 1.165) is 6.42 Å². The molecular weight excluding hydrogens is 276 g/mol. The van der Waals surface area contributed by atoms with E-state index in [4.69, 9.17) is 0 Å². The molecule has 4 nitrogen and oxygen atoms in total. The Morgan fingerprint density at radius 1 is 1.18 bits per heavy atom. The molecule has 22 heavy (non-hydrogen) atoms. The number of nitrogens with one attached hydrogen (secondary N) is 1. The molecule has 0 radical (unpaired) electrons. The molecule has 2 aromatic rings. The van der Waals surface area contributed by atoms with Gasteiger partial charge in [-0.1, -0.05) is 42.5 Å². The number of benzene rings is 2. The number of urea groups is 1. The first-order chi connectivity index (χ1) is 10.4. The second kappa shape index (κ2) is 6.79. The molecule has 2 rings (SSSR count). The van der Waals surface area contributed by atoms with Crippen molar-refractivity contribution in [3.05, 3.63) is 48.0 Å². The summed E-state index contributed by atoms with van der Waals surface area (Å²) in [6.45, 7) is 4.25. The third kappa shape index (κ3) is 4.46. The molecule has 0 aromatic heterocycles. The lowest BCUT2D eigenvalue weighted by atomic mass is 10.0. The zero-order chi connectivity index (χ0) is 16.2. The Kier molecular flexibility index (Phi) is 5.03. The van der Waals surface area contributed by atoms with Gasteiger partial charge in [-0.15, -0.1) is 0 Å². The van der Waals surface area contributed by atoms with Crippen molar-refractivity contribution in [1.82, 2.24) is 10.2 Å². The van der Waals surface area contributed by atoms with Crippen LogP contribution in [0.15, 0.2) is 42.5 Å². The van der Waals surface area contributed by atoms with Gasteiger partial charge in [0, 0.05) is 13.6 Å². The highest BCUT2D eigenvalue weighted by Crippen LogP contribution is 2.18. The van der Waals surface area contributed by atoms with E-state index < -0.39 is 5.60 Å². The molecule has 0 spiro atoms. The molecular formula is C18H24N2O2. The third-order valence-electron chi connectivity index (χ3n) is 3.52. The molecule has 2 N–H and O–H groups in total. The van der Waals surface area contributed by atoms with E-state index >= 15 is 0 Å². The third-order valence-corrected chi connectivity index (χ3v) is 3.52. The van der Waals surface area contributed by atoms with Gasteiger partial charge in [0.1, 0.15) is 0 Å². The number of hydrogen-bond donors (Lipinski definition) is 2. The maximum absolute atomic E-state index is 12.0. The van der Waals surface area contributed by atoms with Crippen molar-refractivity contribution in [2.24, 2.45) is 0 Å². The zero-order valence-corrected chi connectivity index (χ0v) is 13.5. The fourth-order valence-electron chi connectivity index (χ4n) is 2.60. The molecule has 0 unspecified atom stereocenters. The normalized spacial score (nSPS) is 11.5. The van der Waals surface area contributed by atoms with Gasteiger partial charge in [-0.25, -0.2) is 4.79 Å². The summed E-state index contributed by atoms with van der Waals surface area (Å²) in [6, 6.07) is 14.3. The fourth-order valence-corrected chi connectivity index (χ4v) is 2.60. The van der Waals surface area contributed by atoms with E-state index in [1.165, 1.54) is 21.2 Å². The minimum absolute atomic E-state index is 0.164. The van der Waals surface area contributed by atoms with Crippen LogP contribution in [-0.2, 0) is 6.42 Å². The lowest BCUT2D eigenvalue weighted by Gasteiger charge is -2.25. The molecule has 0 aliphatic heterocycles. The zero-order valence-electron chi connectivity index (χ0n) is 13.5. The van der Waals surface area contributed by atoms with Crippen molar-refractivity contribution in [2.45, 2.75) is 25.9 Å². The average Bonchev–Trinajstić information content (AvgIpc) is 2.45. The van der Waals surface area contributed by atoms with Gasteiger partial charge in [0.05, 0.1) is 12.1 Å². The minimum Gasteiger partial charge on any atom is -0.389 e. The van der Waals surface area contributed by atoms with Crippen molar-refractivity contribution in [2.75, 3.05) is 20.1 Å². The van der Waals surface area contributed by atoms with Gasteiger partial charge < -0.3 is 15.3 Å². The van der Waals surface area contributed by atoms with E-state index in [0.29, 0.717) is 13.1 Å². The highest BCUT2D eigenvalue weighted by atomic mass is 16.3. The van der Waals surface area contributed by atoms with Crippen LogP contribution < -0.4 is 5.32 Å². The van der Waals surface area contributed by atoms with Crippen LogP contribution in [0.4, 0.5) is 4.79 Å². The van der Waals surface area contributed by atoms with Crippen molar-refractivity contribution < 1.29 is 9.90 Å². The number of hydrogen-bond acceptors (Lipinski definition) is 2. The van der Waals surface area contributed by atoms with Crippen molar-refractivity contribution >= 4 is 16.8 Å². The van der Waals surface area contributed by atoms with Crippen molar-refractivity contribution in [3.8, 4) is 0 Å². The molecule has 0 atom stereocenters. The highest BCUT2D eigenvalue weighted by Gasteiger charge is 2.18. The summed E-state index contributed by atoms with van der Waals surface area (Å²) in [6.07, 6.45) is 0.781. The summed E-state index contributed by atoms with van der Waals surface area (Å²) in [5.41, 5.74) is 0.338. The molecule has 0 saturated carbocycles. The van der Waals surface area contributed by atoms with Gasteiger partial charge in [0.15, 0.2) is 0 Å². The predicted molar refractivity (Wildman–Crippen MR) is 90.0 cm³/mol. The fraction of sp³-hybridized carbons (Fsp3) is 0.389. The quantitative estimate of drug-likeness (QED) is 0.892. The highest BCUT2D eigenvalue weighted by molar-refractivity contribution is 5.85. The van der Waals surface area contributed by atoms with Crippen LogP contribution in [0.25, 0.3) is 10.8 Å². The van der Waals surface area contributed by atoms with Gasteiger partial charge in [0.25, 0.3) is 0 Å². The summed E-state index contributed by atoms with van der Waals surface area (Å²) in [5.74, 6) is 0. The summed E-state index contributed by atoms with van der Waals surface area (Å²) in [4.78, 5) is 13.5. The maximum atomic E-state index is 12.0. The Labute approximate surface area is 131 Å². The number of aliphatic hydroxyl groups is 1. The second-order valence-corrected chi connectivity index (χ2v) is 6.29. The van der Waals surface area contributed by atoms with Crippen LogP contribution in [0.2, 0.25) is 0 Å². The van der Waals surface area contributed by atoms with Crippen molar-refractivity contribution in [1.29, 1.82) is 0 Å². The van der Waals surface area contributed by atoms with E-state index in [1.807, 2.05) is 18.2 Å². The lowest BCUT2D eigenvalue weighted by Crippen LogP contribution is -2.45. The topological polar surface area (TPSA) is 52.6 Å². The van der Waals surface area contributed by atoms with E-state index in [-0.39, 0.29) is 6.03 Å². The first kappa shape index (κ1) is 16.3. The monoisotopic (exact) mass is 300 g/mol. The van der Waals surface area contributed by atoms with Crippen LogP contribution in [0.3, 0.4) is 0 Å². The number of nitrogens with zero attached hydrogens (tertiary/aromatic N) is 1. The van der Waals surface area contributed by atoms with Crippen LogP contribution in [-0.4, -0.2) is 41.8 Å². The SMILES string of the molecule is CN(CC(C)(C)O)C(=O)NCCc1cccc2ccccc12. The van der Waals surface area contributed by atoms with Crippen LogP contribution >= 0.6 is 0 Å². The van der Waals surface area contributed by atoms with Crippen LogP contribution in [0, 0.1) is 0 Å². The van der Waals surface area contributed by atoms with Crippen molar-refractivity contribution in [3.63, 3.8) is 0 Å². The largest absolute Gasteiger partial charge is 0.389 e. The van der Waals surface area contributed by atoms with Gasteiger partial charge in [0.2, 0.25) is 0 Å². The standard InChI is InChI=1S/C18H24N2O2/c1-18(2,22)13-20(3)17(21)19-12-11-15-9-6-8-14-7-4-5-10-16(14)15/h4-10,22H,11-13H2,1-3H3,(H,19,21). The number of rotatable bonds is 5. The number of carbonyl (C=O) groups excluding carboxylic acids is 1. The Bertz CT molecular complexity index is 642. The van der Waals surface area contributed by atoms with Gasteiger partial charge in [-0.2, -0.15) is 0 Å². The van der Waals surface area contributed by atoms with Crippen LogP contribution in [0.1, 0.15) is 19.4 Å². The Morgan fingerprint density at radius 3 is 2.59 bits per heavy atom. The second-order valence-electron chi connectivity index (χ2n) is 6.29. The molecule has 0 aliphatic rings. The Morgan fingerprint density at radius 2 is 1.86 bits per heavy atom. The van der Waals surface area contributed by atoms with E-state index in [2.05, 4.69) is 29.6 Å². The van der Waals surface area contributed by atoms with Gasteiger partial charge in [-0.3, -0.25) is 0 Å². The molecule has 4 heteroatoms. The van der Waals surface area contributed by atoms with Gasteiger partial charge >= 0.3 is 6.03 Å². The number of carbonyl (C=O) groups is 1. The van der Waals surface area contributed by atoms with E-state index in [1.54, 1.807) is 20.9 Å². The average molecular weight is 300 g/mol. The molecule has 0 bridgehead atoms. The predicted octanol–water partition coefficient (Wildman–Crippen LogP) is 2.79. The maximum Gasteiger partial charge on any atom is 0.317 e. The van der Waals surface area contributed by atoms with E-state index in [9.17, 15) is 9.90 Å². The summed E-state index contributed by atoms with van der Waals surface area (Å²) < 4.78 is 0. The molecule has 2 amide bonds. The lowest BCUT2D eigenvalue weighted by molar-refractivity contribution is 0.0532. The summed E-state index contributed by atoms with van der Waals surface area (Å²) in [7, 11) is 1.69. The molecule has 0 saturated heterocycles. The molecule has 0 aliphatic carbocycles. The first-order valence-corrected chi connectivity index (χ1v) is 7.55. The summed E-state index contributed by atoms with van der Waals surface area (Å²) >= 11 is 0. The summed E-state index contributed by atoms with van der Waals surface area (Å²) in [5, 5.41) is 15.1. The molecule has 2 aromatic carbocycles. The number of fused-ring (bicyclic) bond motifs is 1. The molecule has 0 heterocycles. The Hall–Kier alpha value is -2.07. The first-order valence-electron chi connectivity index (χ1n) is 7.55.